The molecular formula is C23H20Cl3F2N3O3. The van der Waals surface area contributed by atoms with Gasteiger partial charge in [0.1, 0.15) is 15.8 Å². The van der Waals surface area contributed by atoms with E-state index in [1.165, 1.54) is 18.2 Å². The molecule has 4 rings (SSSR count). The van der Waals surface area contributed by atoms with Crippen molar-refractivity contribution in [1.82, 2.24) is 0 Å². The van der Waals surface area contributed by atoms with E-state index in [4.69, 9.17) is 34.8 Å². The monoisotopic (exact) mass is 529 g/mol. The molecule has 180 valence electrons. The number of alkyl halides is 2. The predicted molar refractivity (Wildman–Crippen MR) is 128 cm³/mol. The summed E-state index contributed by atoms with van der Waals surface area (Å²) in [7, 11) is 0. The largest absolute Gasteiger partial charge is 0.326 e. The second-order valence-electron chi connectivity index (χ2n) is 8.41. The number of amides is 3. The van der Waals surface area contributed by atoms with Crippen LogP contribution >= 0.6 is 34.8 Å². The van der Waals surface area contributed by atoms with Gasteiger partial charge in [-0.15, -0.1) is 23.2 Å². The van der Waals surface area contributed by atoms with Crippen molar-refractivity contribution in [3.8, 4) is 0 Å². The summed E-state index contributed by atoms with van der Waals surface area (Å²) in [5.41, 5.74) is -0.763. The first-order valence-corrected chi connectivity index (χ1v) is 11.8. The van der Waals surface area contributed by atoms with E-state index in [-0.39, 0.29) is 27.9 Å². The van der Waals surface area contributed by atoms with Crippen LogP contribution in [-0.4, -0.2) is 22.1 Å². The van der Waals surface area contributed by atoms with Crippen LogP contribution in [-0.2, 0) is 9.59 Å². The zero-order valence-corrected chi connectivity index (χ0v) is 20.0. The van der Waals surface area contributed by atoms with Crippen molar-refractivity contribution in [2.45, 2.75) is 36.4 Å². The smallest absolute Gasteiger partial charge is 0.257 e. The summed E-state index contributed by atoms with van der Waals surface area (Å²) in [6, 6.07) is 6.18. The average Bonchev–Trinajstić information content (AvgIpc) is 3.16. The number of carbonyl (C=O) groups excluding carboxylic acids is 3. The van der Waals surface area contributed by atoms with Gasteiger partial charge in [-0.25, -0.2) is 8.78 Å². The van der Waals surface area contributed by atoms with Gasteiger partial charge in [0.25, 0.3) is 5.91 Å². The van der Waals surface area contributed by atoms with Crippen LogP contribution in [0.15, 0.2) is 30.3 Å². The fourth-order valence-electron chi connectivity index (χ4n) is 3.87. The Morgan fingerprint density at radius 2 is 1.62 bits per heavy atom. The van der Waals surface area contributed by atoms with Gasteiger partial charge in [-0.3, -0.25) is 14.4 Å². The van der Waals surface area contributed by atoms with E-state index in [1.54, 1.807) is 0 Å². The molecule has 3 amide bonds. The number of halogens is 5. The molecule has 34 heavy (non-hydrogen) atoms. The summed E-state index contributed by atoms with van der Waals surface area (Å²) in [4.78, 5) is 37.4. The maximum atomic E-state index is 15.0. The Balaban J connectivity index is 1.50. The summed E-state index contributed by atoms with van der Waals surface area (Å²) in [6.07, 6.45) is 3.41. The molecule has 0 saturated heterocycles. The minimum atomic E-state index is -1.12. The number of anilines is 3. The molecule has 0 unspecified atom stereocenters. The van der Waals surface area contributed by atoms with E-state index in [1.807, 2.05) is 0 Å². The molecule has 2 saturated carbocycles. The Hall–Kier alpha value is -2.42. The summed E-state index contributed by atoms with van der Waals surface area (Å²) in [6.45, 7) is 0. The number of hydrogen-bond acceptors (Lipinski definition) is 3. The lowest BCUT2D eigenvalue weighted by molar-refractivity contribution is -0.119. The molecule has 0 bridgehead atoms. The Kier molecular flexibility index (Phi) is 7.03. The fourth-order valence-corrected chi connectivity index (χ4v) is 4.58. The van der Waals surface area contributed by atoms with E-state index >= 15 is 0 Å². The van der Waals surface area contributed by atoms with E-state index in [9.17, 15) is 23.2 Å². The highest BCUT2D eigenvalue weighted by Crippen LogP contribution is 2.53. The average molecular weight is 531 g/mol. The van der Waals surface area contributed by atoms with Crippen LogP contribution < -0.4 is 16.0 Å². The van der Waals surface area contributed by atoms with Crippen LogP contribution in [0.3, 0.4) is 0 Å². The molecule has 0 spiro atoms. The minimum Gasteiger partial charge on any atom is -0.326 e. The van der Waals surface area contributed by atoms with Crippen molar-refractivity contribution in [2.75, 3.05) is 16.0 Å². The first-order chi connectivity index (χ1) is 16.1. The minimum absolute atomic E-state index is 0.0447. The Bertz CT molecular complexity index is 1170. The molecule has 2 fully saturated rings. The molecule has 2 aliphatic carbocycles. The van der Waals surface area contributed by atoms with Crippen LogP contribution in [0.2, 0.25) is 5.02 Å². The van der Waals surface area contributed by atoms with Crippen LogP contribution in [0.25, 0.3) is 0 Å². The maximum absolute atomic E-state index is 15.0. The first-order valence-electron chi connectivity index (χ1n) is 10.7. The topological polar surface area (TPSA) is 87.3 Å². The first kappa shape index (κ1) is 24.7. The van der Waals surface area contributed by atoms with Gasteiger partial charge >= 0.3 is 0 Å². The second kappa shape index (κ2) is 9.68. The fraction of sp³-hybridized carbons (Fsp3) is 0.348. The third-order valence-electron chi connectivity index (χ3n) is 5.93. The van der Waals surface area contributed by atoms with E-state index in [0.717, 1.165) is 25.0 Å². The van der Waals surface area contributed by atoms with Crippen molar-refractivity contribution >= 4 is 69.6 Å². The molecule has 2 aliphatic rings. The SMILES string of the molecule is O=C(Nc1ccc(F)c(NC(=O)C2CCCC2)c1F)c1cc(NC(=O)[C@H]2CC2(Cl)Cl)ccc1Cl. The lowest BCUT2D eigenvalue weighted by Crippen LogP contribution is -2.22. The van der Waals surface area contributed by atoms with Crippen LogP contribution in [0, 0.1) is 23.5 Å². The Morgan fingerprint density at radius 3 is 2.26 bits per heavy atom. The summed E-state index contributed by atoms with van der Waals surface area (Å²) < 4.78 is 28.1. The number of carbonyl (C=O) groups is 3. The molecule has 3 N–H and O–H groups in total. The van der Waals surface area contributed by atoms with Gasteiger partial charge in [0.15, 0.2) is 5.82 Å². The highest BCUT2D eigenvalue weighted by molar-refractivity contribution is 6.52. The van der Waals surface area contributed by atoms with Gasteiger partial charge in [0.05, 0.1) is 22.2 Å². The normalized spacial score (nSPS) is 18.9. The van der Waals surface area contributed by atoms with Crippen LogP contribution in [0.4, 0.5) is 25.8 Å². The molecular weight excluding hydrogens is 511 g/mol. The van der Waals surface area contributed by atoms with Crippen molar-refractivity contribution in [2.24, 2.45) is 11.8 Å². The highest BCUT2D eigenvalue weighted by Gasteiger charge is 2.56. The zero-order valence-electron chi connectivity index (χ0n) is 17.7. The quantitative estimate of drug-likeness (QED) is 0.393. The van der Waals surface area contributed by atoms with Gasteiger partial charge in [-0.1, -0.05) is 24.4 Å². The van der Waals surface area contributed by atoms with Gasteiger partial charge < -0.3 is 16.0 Å². The van der Waals surface area contributed by atoms with Crippen LogP contribution in [0.5, 0.6) is 0 Å². The van der Waals surface area contributed by atoms with Gasteiger partial charge in [0.2, 0.25) is 11.8 Å². The molecule has 0 heterocycles. The molecule has 2 aromatic carbocycles. The Morgan fingerprint density at radius 1 is 0.941 bits per heavy atom. The number of hydrogen-bond donors (Lipinski definition) is 3. The predicted octanol–water partition coefficient (Wildman–Crippen LogP) is 6.13. The molecule has 11 heteroatoms. The van der Waals surface area contributed by atoms with Crippen molar-refractivity contribution in [3.63, 3.8) is 0 Å². The summed E-state index contributed by atoms with van der Waals surface area (Å²) in [5, 5.41) is 7.29. The number of nitrogens with one attached hydrogen (secondary N) is 3. The molecule has 0 aromatic heterocycles. The molecule has 2 aromatic rings. The molecule has 6 nitrogen and oxygen atoms in total. The third-order valence-corrected chi connectivity index (χ3v) is 7.10. The third kappa shape index (κ3) is 5.29. The Labute approximate surface area is 209 Å². The number of rotatable bonds is 6. The lowest BCUT2D eigenvalue weighted by Gasteiger charge is -2.15. The van der Waals surface area contributed by atoms with Crippen molar-refractivity contribution < 1.29 is 23.2 Å². The molecule has 0 aliphatic heterocycles. The maximum Gasteiger partial charge on any atom is 0.257 e. The van der Waals surface area contributed by atoms with Crippen LogP contribution in [0.1, 0.15) is 42.5 Å². The molecule has 1 atom stereocenters. The standard InChI is InChI=1S/C23H20Cl3F2N3O3/c24-15-6-5-12(29-22(34)14-10-23(14,25)26)9-13(15)21(33)30-17-8-7-16(27)19(18(17)28)31-20(32)11-3-1-2-4-11/h5-9,11,14H,1-4,10H2,(H,29,34)(H,30,33)(H,31,32)/t14-/m1/s1. The lowest BCUT2D eigenvalue weighted by atomic mass is 10.1. The second-order valence-corrected chi connectivity index (χ2v) is 10.4. The van der Waals surface area contributed by atoms with Gasteiger partial charge in [-0.2, -0.15) is 0 Å². The van der Waals surface area contributed by atoms with E-state index in [2.05, 4.69) is 16.0 Å². The zero-order chi connectivity index (χ0) is 24.6. The molecule has 0 radical (unpaired) electrons. The van der Waals surface area contributed by atoms with Gasteiger partial charge in [-0.05, 0) is 49.6 Å². The number of benzene rings is 2. The van der Waals surface area contributed by atoms with Crippen molar-refractivity contribution in [3.05, 3.63) is 52.6 Å². The van der Waals surface area contributed by atoms with E-state index in [0.29, 0.717) is 19.3 Å². The highest BCUT2D eigenvalue weighted by atomic mass is 35.5. The summed E-state index contributed by atoms with van der Waals surface area (Å²) in [5.74, 6) is -4.61. The van der Waals surface area contributed by atoms with Crippen molar-refractivity contribution in [1.29, 1.82) is 0 Å². The van der Waals surface area contributed by atoms with Gasteiger partial charge in [0, 0.05) is 11.6 Å². The van der Waals surface area contributed by atoms with E-state index < -0.39 is 45.3 Å². The summed E-state index contributed by atoms with van der Waals surface area (Å²) >= 11 is 17.9.